The first-order valence-electron chi connectivity index (χ1n) is 8.77. The predicted molar refractivity (Wildman–Crippen MR) is 93.0 cm³/mol. The van der Waals surface area contributed by atoms with Gasteiger partial charge in [0.1, 0.15) is 11.4 Å². The summed E-state index contributed by atoms with van der Waals surface area (Å²) in [6.45, 7) is 7.95. The largest absolute Gasteiger partial charge is 0.497 e. The third-order valence-corrected chi connectivity index (χ3v) is 6.42. The summed E-state index contributed by atoms with van der Waals surface area (Å²) in [5.41, 5.74) is 2.16. The van der Waals surface area contributed by atoms with Crippen LogP contribution in [0.2, 0.25) is 0 Å². The summed E-state index contributed by atoms with van der Waals surface area (Å²) in [5.74, 6) is 1.55. The zero-order chi connectivity index (χ0) is 16.9. The molecule has 0 radical (unpaired) electrons. The molecule has 0 amide bonds. The molecule has 0 N–H and O–H groups in total. The van der Waals surface area contributed by atoms with E-state index in [4.69, 9.17) is 9.47 Å². The Morgan fingerprint density at radius 2 is 1.92 bits per heavy atom. The molecule has 4 rings (SSSR count). The van der Waals surface area contributed by atoms with Crippen LogP contribution in [-0.2, 0) is 16.0 Å². The van der Waals surface area contributed by atoms with Gasteiger partial charge in [-0.05, 0) is 42.5 Å². The lowest BCUT2D eigenvalue weighted by molar-refractivity contribution is -0.154. The van der Waals surface area contributed by atoms with Crippen LogP contribution in [-0.4, -0.2) is 18.7 Å². The maximum absolute atomic E-state index is 12.7. The van der Waals surface area contributed by atoms with Crippen molar-refractivity contribution in [3.05, 3.63) is 54.6 Å². The van der Waals surface area contributed by atoms with Gasteiger partial charge < -0.3 is 9.47 Å². The van der Waals surface area contributed by atoms with E-state index in [1.54, 1.807) is 7.11 Å². The van der Waals surface area contributed by atoms with Gasteiger partial charge in [0, 0.05) is 24.2 Å². The van der Waals surface area contributed by atoms with Crippen molar-refractivity contribution in [3.63, 3.8) is 0 Å². The number of hydrogen-bond donors (Lipinski definition) is 0. The van der Waals surface area contributed by atoms with Gasteiger partial charge in [0.25, 0.3) is 0 Å². The Bertz CT molecular complexity index is 689. The Morgan fingerprint density at radius 3 is 2.50 bits per heavy atom. The van der Waals surface area contributed by atoms with Gasteiger partial charge in [-0.3, -0.25) is 4.79 Å². The quantitative estimate of drug-likeness (QED) is 0.619. The van der Waals surface area contributed by atoms with Gasteiger partial charge in [0.05, 0.1) is 13.0 Å². The van der Waals surface area contributed by atoms with Crippen LogP contribution < -0.4 is 4.74 Å². The molecule has 0 bridgehead atoms. The van der Waals surface area contributed by atoms with E-state index in [2.05, 4.69) is 25.3 Å². The number of ether oxygens (including phenoxy) is 2. The van der Waals surface area contributed by atoms with E-state index in [-0.39, 0.29) is 29.6 Å². The molecule has 3 aliphatic rings. The summed E-state index contributed by atoms with van der Waals surface area (Å²) in [5, 5.41) is 0. The van der Waals surface area contributed by atoms with Gasteiger partial charge in [-0.1, -0.05) is 18.2 Å². The summed E-state index contributed by atoms with van der Waals surface area (Å²) in [6.07, 6.45) is 7.71. The van der Waals surface area contributed by atoms with E-state index in [1.165, 1.54) is 11.1 Å². The molecule has 1 aromatic rings. The third kappa shape index (κ3) is 2.00. The van der Waals surface area contributed by atoms with Crippen LogP contribution in [0.5, 0.6) is 5.75 Å². The van der Waals surface area contributed by atoms with Crippen molar-refractivity contribution in [3.8, 4) is 5.75 Å². The number of carbonyl (C=O) groups excluding carboxylic acids is 1. The molecule has 1 unspecified atom stereocenters. The lowest BCUT2D eigenvalue weighted by atomic mass is 9.67. The van der Waals surface area contributed by atoms with Gasteiger partial charge in [-0.2, -0.15) is 0 Å². The average Bonchev–Trinajstić information content (AvgIpc) is 3.08. The number of hydrogen-bond acceptors (Lipinski definition) is 3. The molecule has 1 saturated heterocycles. The molecule has 1 heterocycles. The van der Waals surface area contributed by atoms with Crippen LogP contribution in [0.3, 0.4) is 0 Å². The highest BCUT2D eigenvalue weighted by Gasteiger charge is 2.59. The fourth-order valence-corrected chi connectivity index (χ4v) is 5.07. The summed E-state index contributed by atoms with van der Waals surface area (Å²) in [7, 11) is 1.68. The molecular weight excluding hydrogens is 300 g/mol. The van der Waals surface area contributed by atoms with Gasteiger partial charge >= 0.3 is 5.97 Å². The Hall–Kier alpha value is -2.03. The normalized spacial score (nSPS) is 32.8. The van der Waals surface area contributed by atoms with Crippen molar-refractivity contribution in [1.82, 2.24) is 0 Å². The van der Waals surface area contributed by atoms with Crippen molar-refractivity contribution in [2.75, 3.05) is 7.11 Å². The highest BCUT2D eigenvalue weighted by atomic mass is 16.6. The molecule has 1 spiro atoms. The van der Waals surface area contributed by atoms with Crippen molar-refractivity contribution < 1.29 is 14.3 Å². The smallest absolute Gasteiger partial charge is 0.310 e. The Balaban J connectivity index is 1.61. The number of benzene rings is 1. The average molecular weight is 324 g/mol. The molecular formula is C21H24O3. The van der Waals surface area contributed by atoms with Crippen LogP contribution in [0.1, 0.15) is 36.3 Å². The maximum atomic E-state index is 12.7. The predicted octanol–water partition coefficient (Wildman–Crippen LogP) is 4.04. The number of rotatable bonds is 4. The molecule has 1 aromatic carbocycles. The second kappa shape index (κ2) is 5.51. The highest BCUT2D eigenvalue weighted by Crippen LogP contribution is 2.56. The van der Waals surface area contributed by atoms with E-state index in [0.717, 1.165) is 31.4 Å². The third-order valence-electron chi connectivity index (χ3n) is 6.42. The molecule has 1 saturated carbocycles. The van der Waals surface area contributed by atoms with Crippen LogP contribution in [0.25, 0.3) is 0 Å². The molecule has 2 aliphatic carbocycles. The van der Waals surface area contributed by atoms with Crippen molar-refractivity contribution in [2.45, 2.75) is 37.2 Å². The van der Waals surface area contributed by atoms with Crippen LogP contribution in [0.15, 0.2) is 43.5 Å². The minimum Gasteiger partial charge on any atom is -0.497 e. The maximum Gasteiger partial charge on any atom is 0.310 e. The summed E-state index contributed by atoms with van der Waals surface area (Å²) < 4.78 is 11.3. The zero-order valence-corrected chi connectivity index (χ0v) is 14.2. The fourth-order valence-electron chi connectivity index (χ4n) is 5.07. The standard InChI is InChI=1S/C21H24O3/c1-4-14-6-7-15(5-2)21(14)12-19(20(22)24-21)18-11-13-10-16(23-3)8-9-17(13)18/h4-5,8-10,14-15,18-19H,1-2,6-7,11-12H2,3H3/t14-,15-,18?,19-/m1/s1. The minimum absolute atomic E-state index is 0.0398. The first-order valence-corrected chi connectivity index (χ1v) is 8.77. The minimum atomic E-state index is -0.409. The van der Waals surface area contributed by atoms with Crippen LogP contribution in [0, 0.1) is 17.8 Å². The van der Waals surface area contributed by atoms with E-state index in [9.17, 15) is 4.79 Å². The second-order valence-electron chi connectivity index (χ2n) is 7.32. The topological polar surface area (TPSA) is 35.5 Å². The zero-order valence-electron chi connectivity index (χ0n) is 14.2. The van der Waals surface area contributed by atoms with Crippen molar-refractivity contribution >= 4 is 5.97 Å². The SMILES string of the molecule is C=C[C@@H]1CC[C@@H](C=C)C12C[C@H](C1Cc3cc(OC)ccc31)C(=O)O2. The first-order chi connectivity index (χ1) is 11.6. The highest BCUT2D eigenvalue weighted by molar-refractivity contribution is 5.78. The summed E-state index contributed by atoms with van der Waals surface area (Å²) in [4.78, 5) is 12.7. The van der Waals surface area contributed by atoms with Crippen molar-refractivity contribution in [1.29, 1.82) is 0 Å². The number of fused-ring (bicyclic) bond motifs is 1. The molecule has 0 aromatic heterocycles. The Morgan fingerprint density at radius 1 is 1.21 bits per heavy atom. The number of esters is 1. The van der Waals surface area contributed by atoms with E-state index < -0.39 is 5.60 Å². The molecule has 24 heavy (non-hydrogen) atoms. The molecule has 1 aliphatic heterocycles. The van der Waals surface area contributed by atoms with E-state index in [0.29, 0.717) is 0 Å². The van der Waals surface area contributed by atoms with E-state index in [1.807, 2.05) is 18.2 Å². The monoisotopic (exact) mass is 324 g/mol. The van der Waals surface area contributed by atoms with Crippen LogP contribution >= 0.6 is 0 Å². The van der Waals surface area contributed by atoms with Crippen molar-refractivity contribution in [2.24, 2.45) is 17.8 Å². The molecule has 3 heteroatoms. The number of carbonyl (C=O) groups is 1. The van der Waals surface area contributed by atoms with Crippen LogP contribution in [0.4, 0.5) is 0 Å². The lowest BCUT2D eigenvalue weighted by Gasteiger charge is -2.35. The Labute approximate surface area is 143 Å². The molecule has 2 fully saturated rings. The van der Waals surface area contributed by atoms with Gasteiger partial charge in [0.15, 0.2) is 0 Å². The van der Waals surface area contributed by atoms with Gasteiger partial charge in [-0.15, -0.1) is 13.2 Å². The van der Waals surface area contributed by atoms with E-state index >= 15 is 0 Å². The Kier molecular flexibility index (Phi) is 3.56. The second-order valence-corrected chi connectivity index (χ2v) is 7.32. The fraction of sp³-hybridized carbons (Fsp3) is 0.476. The molecule has 4 atom stereocenters. The van der Waals surface area contributed by atoms with Gasteiger partial charge in [-0.25, -0.2) is 0 Å². The lowest BCUT2D eigenvalue weighted by Crippen LogP contribution is -2.38. The summed E-state index contributed by atoms with van der Waals surface area (Å²) in [6, 6.07) is 6.16. The number of methoxy groups -OCH3 is 1. The van der Waals surface area contributed by atoms with Gasteiger partial charge in [0.2, 0.25) is 0 Å². The molecule has 3 nitrogen and oxygen atoms in total. The summed E-state index contributed by atoms with van der Waals surface area (Å²) >= 11 is 0. The molecule has 126 valence electrons. The first kappa shape index (κ1) is 15.5.